The van der Waals surface area contributed by atoms with Gasteiger partial charge in [-0.05, 0) is 37.5 Å². The van der Waals surface area contributed by atoms with Gasteiger partial charge in [0.2, 0.25) is 0 Å². The van der Waals surface area contributed by atoms with E-state index in [0.29, 0.717) is 6.04 Å². The second kappa shape index (κ2) is 6.40. The number of morpholine rings is 1. The molecule has 3 unspecified atom stereocenters. The van der Waals surface area contributed by atoms with E-state index in [0.717, 1.165) is 31.6 Å². The van der Waals surface area contributed by atoms with E-state index in [1.807, 2.05) is 19.1 Å². The van der Waals surface area contributed by atoms with Gasteiger partial charge in [-0.25, -0.2) is 0 Å². The summed E-state index contributed by atoms with van der Waals surface area (Å²) in [6.07, 6.45) is 1.78. The molecule has 0 spiro atoms. The third-order valence-electron chi connectivity index (χ3n) is 3.94. The lowest BCUT2D eigenvalue weighted by Crippen LogP contribution is -2.48. The van der Waals surface area contributed by atoms with Gasteiger partial charge in [0.1, 0.15) is 0 Å². The number of rotatable bonds is 4. The summed E-state index contributed by atoms with van der Waals surface area (Å²) in [7, 11) is 0. The second-order valence-electron chi connectivity index (χ2n) is 5.37. The quantitative estimate of drug-likeness (QED) is 0.906. The maximum absolute atomic E-state index is 9.84. The van der Waals surface area contributed by atoms with Crippen LogP contribution >= 0.6 is 0 Å². The number of ether oxygens (including phenoxy) is 1. The normalized spacial score (nSPS) is 25.4. The molecular formula is C16H25NO2. The molecule has 3 nitrogen and oxygen atoms in total. The Labute approximate surface area is 116 Å². The molecule has 0 amide bonds. The molecule has 1 aromatic carbocycles. The molecule has 1 fully saturated rings. The van der Waals surface area contributed by atoms with Crippen LogP contribution < -0.4 is 4.90 Å². The first-order chi connectivity index (χ1) is 9.15. The molecule has 0 aromatic heterocycles. The summed E-state index contributed by atoms with van der Waals surface area (Å²) in [6.45, 7) is 8.06. The van der Waals surface area contributed by atoms with Crippen molar-refractivity contribution in [2.75, 3.05) is 18.1 Å². The van der Waals surface area contributed by atoms with Crippen LogP contribution in [0.25, 0.3) is 0 Å². The zero-order valence-electron chi connectivity index (χ0n) is 12.2. The maximum Gasteiger partial charge on any atom is 0.0787 e. The molecule has 0 aliphatic carbocycles. The van der Waals surface area contributed by atoms with Crippen LogP contribution in [0.4, 0.5) is 5.69 Å². The second-order valence-corrected chi connectivity index (χ2v) is 5.37. The third kappa shape index (κ3) is 3.28. The van der Waals surface area contributed by atoms with Gasteiger partial charge in [0.15, 0.2) is 0 Å². The Hall–Kier alpha value is -1.06. The predicted octanol–water partition coefficient (Wildman–Crippen LogP) is 3.13. The molecule has 1 aliphatic rings. The SMILES string of the molecule is CCC(O)c1ccc(N2CC(C)OCC2CC)cc1. The summed E-state index contributed by atoms with van der Waals surface area (Å²) >= 11 is 0. The fraction of sp³-hybridized carbons (Fsp3) is 0.625. The topological polar surface area (TPSA) is 32.7 Å². The van der Waals surface area contributed by atoms with E-state index < -0.39 is 0 Å². The summed E-state index contributed by atoms with van der Waals surface area (Å²) < 4.78 is 5.73. The van der Waals surface area contributed by atoms with Crippen LogP contribution in [0, 0.1) is 0 Å². The number of nitrogens with zero attached hydrogens (tertiary/aromatic N) is 1. The van der Waals surface area contributed by atoms with Gasteiger partial charge in [-0.15, -0.1) is 0 Å². The van der Waals surface area contributed by atoms with Gasteiger partial charge < -0.3 is 14.7 Å². The molecule has 0 bridgehead atoms. The molecule has 106 valence electrons. The Morgan fingerprint density at radius 2 is 2.00 bits per heavy atom. The highest BCUT2D eigenvalue weighted by Gasteiger charge is 2.25. The van der Waals surface area contributed by atoms with E-state index in [2.05, 4.69) is 30.9 Å². The standard InChI is InChI=1S/C16H25NO2/c1-4-14-11-19-12(3)10-17(14)15-8-6-13(7-9-15)16(18)5-2/h6-9,12,14,16,18H,4-5,10-11H2,1-3H3. The van der Waals surface area contributed by atoms with Crippen molar-refractivity contribution in [3.8, 4) is 0 Å². The fourth-order valence-electron chi connectivity index (χ4n) is 2.62. The summed E-state index contributed by atoms with van der Waals surface area (Å²) in [4.78, 5) is 2.43. The van der Waals surface area contributed by atoms with E-state index in [-0.39, 0.29) is 12.2 Å². The third-order valence-corrected chi connectivity index (χ3v) is 3.94. The van der Waals surface area contributed by atoms with Crippen molar-refractivity contribution in [2.24, 2.45) is 0 Å². The first kappa shape index (κ1) is 14.4. The summed E-state index contributed by atoms with van der Waals surface area (Å²) in [5.41, 5.74) is 2.23. The van der Waals surface area contributed by atoms with E-state index in [1.165, 1.54) is 5.69 Å². The molecule has 3 heteroatoms. The Morgan fingerprint density at radius 3 is 2.58 bits per heavy atom. The Morgan fingerprint density at radius 1 is 1.32 bits per heavy atom. The Bertz CT molecular complexity index is 390. The summed E-state index contributed by atoms with van der Waals surface area (Å²) in [6, 6.07) is 8.77. The van der Waals surface area contributed by atoms with Gasteiger partial charge in [0, 0.05) is 12.2 Å². The molecule has 1 saturated heterocycles. The molecule has 1 aromatic rings. The largest absolute Gasteiger partial charge is 0.388 e. The van der Waals surface area contributed by atoms with E-state index >= 15 is 0 Å². The minimum Gasteiger partial charge on any atom is -0.388 e. The van der Waals surface area contributed by atoms with Crippen molar-refractivity contribution < 1.29 is 9.84 Å². The number of anilines is 1. The molecule has 1 heterocycles. The molecule has 19 heavy (non-hydrogen) atoms. The zero-order chi connectivity index (χ0) is 13.8. The van der Waals surface area contributed by atoms with Crippen molar-refractivity contribution in [2.45, 2.75) is 51.9 Å². The van der Waals surface area contributed by atoms with Crippen molar-refractivity contribution >= 4 is 5.69 Å². The average molecular weight is 263 g/mol. The smallest absolute Gasteiger partial charge is 0.0787 e. The Balaban J connectivity index is 2.15. The lowest BCUT2D eigenvalue weighted by Gasteiger charge is -2.40. The molecule has 0 radical (unpaired) electrons. The van der Waals surface area contributed by atoms with Crippen molar-refractivity contribution in [1.82, 2.24) is 0 Å². The van der Waals surface area contributed by atoms with Crippen LogP contribution in [-0.4, -0.2) is 30.4 Å². The number of aliphatic hydroxyl groups excluding tert-OH is 1. The fourth-order valence-corrected chi connectivity index (χ4v) is 2.62. The predicted molar refractivity (Wildman–Crippen MR) is 78.5 cm³/mol. The first-order valence-corrected chi connectivity index (χ1v) is 7.32. The molecule has 1 aliphatic heterocycles. The van der Waals surface area contributed by atoms with Crippen LogP contribution in [-0.2, 0) is 4.74 Å². The minimum atomic E-state index is -0.348. The van der Waals surface area contributed by atoms with Gasteiger partial charge in [0.05, 0.1) is 24.9 Å². The summed E-state index contributed by atoms with van der Waals surface area (Å²) in [5, 5.41) is 9.84. The van der Waals surface area contributed by atoms with Crippen LogP contribution in [0.3, 0.4) is 0 Å². The minimum absolute atomic E-state index is 0.281. The number of aliphatic hydroxyl groups is 1. The van der Waals surface area contributed by atoms with Gasteiger partial charge in [-0.2, -0.15) is 0 Å². The van der Waals surface area contributed by atoms with Crippen LogP contribution in [0.15, 0.2) is 24.3 Å². The molecule has 3 atom stereocenters. The zero-order valence-corrected chi connectivity index (χ0v) is 12.2. The van der Waals surface area contributed by atoms with Crippen LogP contribution in [0.5, 0.6) is 0 Å². The van der Waals surface area contributed by atoms with Crippen molar-refractivity contribution in [3.05, 3.63) is 29.8 Å². The van der Waals surface area contributed by atoms with Crippen molar-refractivity contribution in [1.29, 1.82) is 0 Å². The number of hydrogen-bond acceptors (Lipinski definition) is 3. The van der Waals surface area contributed by atoms with E-state index in [1.54, 1.807) is 0 Å². The van der Waals surface area contributed by atoms with E-state index in [9.17, 15) is 5.11 Å². The molecule has 2 rings (SSSR count). The molecule has 1 N–H and O–H groups in total. The molecular weight excluding hydrogens is 238 g/mol. The van der Waals surface area contributed by atoms with Gasteiger partial charge in [-0.3, -0.25) is 0 Å². The summed E-state index contributed by atoms with van der Waals surface area (Å²) in [5.74, 6) is 0. The van der Waals surface area contributed by atoms with Crippen molar-refractivity contribution in [3.63, 3.8) is 0 Å². The number of hydrogen-bond donors (Lipinski definition) is 1. The van der Waals surface area contributed by atoms with E-state index in [4.69, 9.17) is 4.74 Å². The molecule has 0 saturated carbocycles. The van der Waals surface area contributed by atoms with Crippen LogP contribution in [0.1, 0.15) is 45.3 Å². The first-order valence-electron chi connectivity index (χ1n) is 7.32. The highest BCUT2D eigenvalue weighted by atomic mass is 16.5. The van der Waals surface area contributed by atoms with Gasteiger partial charge in [-0.1, -0.05) is 26.0 Å². The maximum atomic E-state index is 9.84. The lowest BCUT2D eigenvalue weighted by molar-refractivity contribution is 0.0299. The van der Waals surface area contributed by atoms with Gasteiger partial charge >= 0.3 is 0 Å². The highest BCUT2D eigenvalue weighted by Crippen LogP contribution is 2.26. The lowest BCUT2D eigenvalue weighted by atomic mass is 10.0. The Kier molecular flexibility index (Phi) is 4.83. The monoisotopic (exact) mass is 263 g/mol. The highest BCUT2D eigenvalue weighted by molar-refractivity contribution is 5.49. The number of benzene rings is 1. The van der Waals surface area contributed by atoms with Gasteiger partial charge in [0.25, 0.3) is 0 Å². The van der Waals surface area contributed by atoms with Crippen LogP contribution in [0.2, 0.25) is 0 Å². The average Bonchev–Trinajstić information content (AvgIpc) is 2.46.